The average Bonchev–Trinajstić information content (AvgIpc) is 3.13. The van der Waals surface area contributed by atoms with E-state index in [1.807, 2.05) is 28.8 Å². The van der Waals surface area contributed by atoms with Crippen molar-refractivity contribution in [2.24, 2.45) is 0 Å². The van der Waals surface area contributed by atoms with Gasteiger partial charge in [0.1, 0.15) is 5.82 Å². The normalized spacial score (nSPS) is 18.2. The lowest BCUT2D eigenvalue weighted by Gasteiger charge is -2.30. The van der Waals surface area contributed by atoms with E-state index >= 15 is 0 Å². The molecule has 0 bridgehead atoms. The molecule has 3 heterocycles. The van der Waals surface area contributed by atoms with Gasteiger partial charge in [0, 0.05) is 31.7 Å². The number of carbonyl (C=O) groups excluding carboxylic acids is 1. The van der Waals surface area contributed by atoms with Gasteiger partial charge in [-0.05, 0) is 51.0 Å². The van der Waals surface area contributed by atoms with Gasteiger partial charge in [0.25, 0.3) is 5.91 Å². The molecule has 8 nitrogen and oxygen atoms in total. The van der Waals surface area contributed by atoms with Gasteiger partial charge in [-0.1, -0.05) is 19.9 Å². The summed E-state index contributed by atoms with van der Waals surface area (Å²) < 4.78 is 27.5. The number of amides is 1. The fraction of sp³-hybridized carbons (Fsp3) is 0.619. The number of rotatable bonds is 9. The Balaban J connectivity index is 1.76. The summed E-state index contributed by atoms with van der Waals surface area (Å²) in [7, 11) is -3.24. The van der Waals surface area contributed by atoms with E-state index in [4.69, 9.17) is 4.98 Å². The Kier molecular flexibility index (Phi) is 7.49. The highest BCUT2D eigenvalue weighted by Gasteiger charge is 2.30. The van der Waals surface area contributed by atoms with E-state index < -0.39 is 10.0 Å². The Bertz CT molecular complexity index is 968. The van der Waals surface area contributed by atoms with E-state index in [0.717, 1.165) is 50.2 Å². The van der Waals surface area contributed by atoms with Gasteiger partial charge in [0.2, 0.25) is 10.0 Å². The van der Waals surface area contributed by atoms with Crippen molar-refractivity contribution in [1.29, 1.82) is 0 Å². The Morgan fingerprint density at radius 2 is 2.07 bits per heavy atom. The molecule has 1 aliphatic heterocycles. The standard InChI is InChI=1S/C21H33N5O3S/c1-4-24(5-2)13-9-12-22-21(27)19-18-11-6-7-15-26(18)20(23-19)17-10-8-14-25(16-17)30(3,28)29/h6-7,11,15,17H,4-5,8-10,12-14,16H2,1-3H3,(H,22,27)/t17-/m0/s1. The molecule has 0 unspecified atom stereocenters. The summed E-state index contributed by atoms with van der Waals surface area (Å²) in [6.45, 7) is 8.77. The fourth-order valence-electron chi connectivity index (χ4n) is 4.10. The molecule has 30 heavy (non-hydrogen) atoms. The Morgan fingerprint density at radius 3 is 2.77 bits per heavy atom. The van der Waals surface area contributed by atoms with Crippen LogP contribution < -0.4 is 5.32 Å². The molecule has 1 fully saturated rings. The second kappa shape index (κ2) is 9.89. The molecule has 1 aliphatic rings. The molecule has 1 N–H and O–H groups in total. The number of hydrogen-bond donors (Lipinski definition) is 1. The van der Waals surface area contributed by atoms with Crippen LogP contribution in [-0.4, -0.2) is 78.4 Å². The fourth-order valence-corrected chi connectivity index (χ4v) is 5.01. The number of fused-ring (bicyclic) bond motifs is 1. The van der Waals surface area contributed by atoms with E-state index in [1.165, 1.54) is 10.6 Å². The summed E-state index contributed by atoms with van der Waals surface area (Å²) in [6.07, 6.45) is 5.67. The maximum atomic E-state index is 12.9. The maximum absolute atomic E-state index is 12.9. The zero-order chi connectivity index (χ0) is 21.7. The average molecular weight is 436 g/mol. The topological polar surface area (TPSA) is 87.0 Å². The third-order valence-corrected chi connectivity index (χ3v) is 7.11. The number of nitrogens with one attached hydrogen (secondary N) is 1. The summed E-state index contributed by atoms with van der Waals surface area (Å²) in [5, 5.41) is 3.00. The van der Waals surface area contributed by atoms with Crippen molar-refractivity contribution in [3.8, 4) is 0 Å². The van der Waals surface area contributed by atoms with Gasteiger partial charge in [0.15, 0.2) is 5.69 Å². The summed E-state index contributed by atoms with van der Waals surface area (Å²) in [6, 6.07) is 5.68. The van der Waals surface area contributed by atoms with Crippen LogP contribution in [0, 0.1) is 0 Å². The van der Waals surface area contributed by atoms with Gasteiger partial charge >= 0.3 is 0 Å². The smallest absolute Gasteiger partial charge is 0.272 e. The Labute approximate surface area is 179 Å². The molecule has 0 aromatic carbocycles. The quantitative estimate of drug-likeness (QED) is 0.608. The molecule has 1 amide bonds. The molecule has 0 radical (unpaired) electrons. The summed E-state index contributed by atoms with van der Waals surface area (Å²) in [4.78, 5) is 19.9. The van der Waals surface area contributed by atoms with E-state index in [-0.39, 0.29) is 11.8 Å². The molecule has 9 heteroatoms. The van der Waals surface area contributed by atoms with Crippen LogP contribution in [0.1, 0.15) is 55.3 Å². The number of carbonyl (C=O) groups is 1. The van der Waals surface area contributed by atoms with Crippen LogP contribution in [0.25, 0.3) is 5.52 Å². The van der Waals surface area contributed by atoms with Gasteiger partial charge in [-0.15, -0.1) is 0 Å². The lowest BCUT2D eigenvalue weighted by atomic mass is 9.99. The van der Waals surface area contributed by atoms with Crippen molar-refractivity contribution < 1.29 is 13.2 Å². The predicted molar refractivity (Wildman–Crippen MR) is 118 cm³/mol. The van der Waals surface area contributed by atoms with Crippen LogP contribution in [0.4, 0.5) is 0 Å². The van der Waals surface area contributed by atoms with Crippen molar-refractivity contribution in [1.82, 2.24) is 23.9 Å². The highest BCUT2D eigenvalue weighted by molar-refractivity contribution is 7.88. The van der Waals surface area contributed by atoms with Crippen LogP contribution in [0.15, 0.2) is 24.4 Å². The molecule has 1 saturated heterocycles. The minimum absolute atomic E-state index is 0.0346. The second-order valence-electron chi connectivity index (χ2n) is 7.87. The van der Waals surface area contributed by atoms with Crippen molar-refractivity contribution in [3.63, 3.8) is 0 Å². The zero-order valence-electron chi connectivity index (χ0n) is 18.2. The number of hydrogen-bond acceptors (Lipinski definition) is 5. The predicted octanol–water partition coefficient (Wildman–Crippen LogP) is 1.94. The van der Waals surface area contributed by atoms with Crippen LogP contribution >= 0.6 is 0 Å². The highest BCUT2D eigenvalue weighted by atomic mass is 32.2. The summed E-state index contributed by atoms with van der Waals surface area (Å²) in [5.74, 6) is 0.542. The molecule has 2 aromatic heterocycles. The number of piperidine rings is 1. The molecule has 2 aromatic rings. The molecular weight excluding hydrogens is 402 g/mol. The van der Waals surface area contributed by atoms with Crippen LogP contribution in [0.5, 0.6) is 0 Å². The third kappa shape index (κ3) is 5.19. The molecule has 1 atom stereocenters. The zero-order valence-corrected chi connectivity index (χ0v) is 19.0. The molecular formula is C21H33N5O3S. The van der Waals surface area contributed by atoms with Crippen LogP contribution in [0.3, 0.4) is 0 Å². The van der Waals surface area contributed by atoms with Crippen LogP contribution in [0.2, 0.25) is 0 Å². The molecule has 166 valence electrons. The van der Waals surface area contributed by atoms with Crippen molar-refractivity contribution >= 4 is 21.4 Å². The van der Waals surface area contributed by atoms with Crippen molar-refractivity contribution in [2.45, 2.75) is 39.0 Å². The molecule has 0 saturated carbocycles. The second-order valence-corrected chi connectivity index (χ2v) is 9.85. The molecule has 0 spiro atoms. The Hall–Kier alpha value is -1.97. The van der Waals surface area contributed by atoms with Gasteiger partial charge in [0.05, 0.1) is 11.8 Å². The third-order valence-electron chi connectivity index (χ3n) is 5.84. The van der Waals surface area contributed by atoms with Gasteiger partial charge < -0.3 is 14.6 Å². The maximum Gasteiger partial charge on any atom is 0.272 e. The van der Waals surface area contributed by atoms with E-state index in [2.05, 4.69) is 24.1 Å². The number of imidazole rings is 1. The van der Waals surface area contributed by atoms with Crippen molar-refractivity contribution in [3.05, 3.63) is 35.9 Å². The highest BCUT2D eigenvalue weighted by Crippen LogP contribution is 2.29. The molecule has 0 aliphatic carbocycles. The van der Waals surface area contributed by atoms with Crippen LogP contribution in [-0.2, 0) is 10.0 Å². The number of nitrogens with zero attached hydrogens (tertiary/aromatic N) is 4. The first kappa shape index (κ1) is 22.7. The minimum Gasteiger partial charge on any atom is -0.351 e. The van der Waals surface area contributed by atoms with Gasteiger partial charge in [-0.2, -0.15) is 0 Å². The SMILES string of the molecule is CCN(CC)CCCNC(=O)c1nc([C@H]2CCCN(S(C)(=O)=O)C2)n2ccccc12. The number of pyridine rings is 1. The van der Waals surface area contributed by atoms with Crippen molar-refractivity contribution in [2.75, 3.05) is 45.5 Å². The van der Waals surface area contributed by atoms with E-state index in [0.29, 0.717) is 25.3 Å². The minimum atomic E-state index is -3.24. The number of aromatic nitrogens is 2. The monoisotopic (exact) mass is 435 g/mol. The first-order chi connectivity index (χ1) is 14.3. The first-order valence-electron chi connectivity index (χ1n) is 10.8. The van der Waals surface area contributed by atoms with E-state index in [1.54, 1.807) is 0 Å². The van der Waals surface area contributed by atoms with Gasteiger partial charge in [-0.25, -0.2) is 17.7 Å². The van der Waals surface area contributed by atoms with Gasteiger partial charge in [-0.3, -0.25) is 4.79 Å². The summed E-state index contributed by atoms with van der Waals surface area (Å²) in [5.41, 5.74) is 1.16. The Morgan fingerprint density at radius 1 is 1.30 bits per heavy atom. The first-order valence-corrected chi connectivity index (χ1v) is 12.6. The summed E-state index contributed by atoms with van der Waals surface area (Å²) >= 11 is 0. The van der Waals surface area contributed by atoms with E-state index in [9.17, 15) is 13.2 Å². The number of sulfonamides is 1. The lowest BCUT2D eigenvalue weighted by molar-refractivity contribution is 0.0948. The molecule has 3 rings (SSSR count). The largest absolute Gasteiger partial charge is 0.351 e. The lowest BCUT2D eigenvalue weighted by Crippen LogP contribution is -2.38.